The van der Waals surface area contributed by atoms with E-state index in [9.17, 15) is 4.79 Å². The molecule has 7 heteroatoms. The molecule has 0 aliphatic carbocycles. The average Bonchev–Trinajstić information content (AvgIpc) is 3.11. The fraction of sp³-hybridized carbons (Fsp3) is 0.421. The lowest BCUT2D eigenvalue weighted by Gasteiger charge is -2.36. The summed E-state index contributed by atoms with van der Waals surface area (Å²) in [6.07, 6.45) is 4.97. The van der Waals surface area contributed by atoms with Crippen molar-refractivity contribution in [3.05, 3.63) is 46.1 Å². The summed E-state index contributed by atoms with van der Waals surface area (Å²) < 4.78 is 1.79. The van der Waals surface area contributed by atoms with E-state index < -0.39 is 5.92 Å². The maximum Gasteiger partial charge on any atom is 0.233 e. The molecule has 2 unspecified atom stereocenters. The fourth-order valence-electron chi connectivity index (χ4n) is 3.92. The average molecular weight is 391 g/mol. The summed E-state index contributed by atoms with van der Waals surface area (Å²) in [6, 6.07) is 7.02. The van der Waals surface area contributed by atoms with Crippen molar-refractivity contribution < 1.29 is 4.79 Å². The van der Waals surface area contributed by atoms with Gasteiger partial charge in [0.1, 0.15) is 5.92 Å². The first kappa shape index (κ1) is 17.6. The van der Waals surface area contributed by atoms with E-state index in [0.717, 1.165) is 43.0 Å². The molecule has 0 saturated carbocycles. The third-order valence-corrected chi connectivity index (χ3v) is 6.04. The molecule has 1 saturated heterocycles. The number of carbonyl (C=O) groups is 1. The number of halogens is 2. The number of benzene rings is 1. The molecule has 1 aromatic heterocycles. The predicted octanol–water partition coefficient (Wildman–Crippen LogP) is 4.51. The highest BCUT2D eigenvalue weighted by atomic mass is 35.5. The lowest BCUT2D eigenvalue weighted by atomic mass is 9.86. The maximum absolute atomic E-state index is 13.4. The van der Waals surface area contributed by atoms with Crippen LogP contribution in [-0.2, 0) is 4.79 Å². The largest absolute Gasteiger partial charge is 0.342 e. The van der Waals surface area contributed by atoms with Crippen molar-refractivity contribution in [2.24, 2.45) is 10.9 Å². The van der Waals surface area contributed by atoms with Gasteiger partial charge >= 0.3 is 0 Å². The molecule has 0 radical (unpaired) electrons. The number of hydrogen-bond acceptors (Lipinski definition) is 3. The molecule has 0 spiro atoms. The van der Waals surface area contributed by atoms with Crippen LogP contribution in [0.15, 0.2) is 35.5 Å². The van der Waals surface area contributed by atoms with E-state index in [-0.39, 0.29) is 11.9 Å². The van der Waals surface area contributed by atoms with Crippen LogP contribution in [0.3, 0.4) is 0 Å². The standard InChI is InChI=1S/C19H20Cl2N4O/c1-12-16(19(26)24-10-3-2-4-11-24)18(25-15(23-12)8-9-22-25)13-6-5-7-14(20)17(13)21/h5-9,16,18H,2-4,10-11H2,1H3. The van der Waals surface area contributed by atoms with E-state index in [1.54, 1.807) is 16.9 Å². The predicted molar refractivity (Wildman–Crippen MR) is 104 cm³/mol. The number of hydrogen-bond donors (Lipinski definition) is 0. The van der Waals surface area contributed by atoms with Crippen molar-refractivity contribution in [1.82, 2.24) is 14.7 Å². The number of aliphatic imine (C=N–C) groups is 1. The quantitative estimate of drug-likeness (QED) is 0.756. The molecule has 2 aromatic rings. The van der Waals surface area contributed by atoms with Crippen LogP contribution in [0.2, 0.25) is 10.0 Å². The van der Waals surface area contributed by atoms with Crippen LogP contribution in [-0.4, -0.2) is 39.4 Å². The van der Waals surface area contributed by atoms with Gasteiger partial charge < -0.3 is 4.90 Å². The minimum Gasteiger partial charge on any atom is -0.342 e. The number of amides is 1. The Morgan fingerprint density at radius 3 is 2.69 bits per heavy atom. The van der Waals surface area contributed by atoms with E-state index >= 15 is 0 Å². The second-order valence-corrected chi connectivity index (χ2v) is 7.62. The lowest BCUT2D eigenvalue weighted by Crippen LogP contribution is -2.46. The van der Waals surface area contributed by atoms with Crippen molar-refractivity contribution in [2.45, 2.75) is 32.2 Å². The minimum absolute atomic E-state index is 0.0909. The van der Waals surface area contributed by atoms with Crippen molar-refractivity contribution in [3.8, 4) is 0 Å². The Morgan fingerprint density at radius 2 is 1.92 bits per heavy atom. The SMILES string of the molecule is CC1=Nc2ccnn2C(c2cccc(Cl)c2Cl)C1C(=O)N1CCCCC1. The molecule has 2 aliphatic rings. The highest BCUT2D eigenvalue weighted by molar-refractivity contribution is 6.42. The molecular formula is C19H20Cl2N4O. The van der Waals surface area contributed by atoms with Crippen LogP contribution in [0.25, 0.3) is 0 Å². The van der Waals surface area contributed by atoms with E-state index in [4.69, 9.17) is 23.2 Å². The van der Waals surface area contributed by atoms with E-state index in [2.05, 4.69) is 10.1 Å². The van der Waals surface area contributed by atoms with Gasteiger partial charge in [0.25, 0.3) is 0 Å². The van der Waals surface area contributed by atoms with Crippen LogP contribution in [0.1, 0.15) is 37.8 Å². The number of carbonyl (C=O) groups excluding carboxylic acids is 1. The number of rotatable bonds is 2. The van der Waals surface area contributed by atoms with Gasteiger partial charge in [-0.15, -0.1) is 0 Å². The number of aromatic nitrogens is 2. The zero-order valence-electron chi connectivity index (χ0n) is 14.5. The summed E-state index contributed by atoms with van der Waals surface area (Å²) >= 11 is 12.8. The second kappa shape index (κ2) is 7.05. The second-order valence-electron chi connectivity index (χ2n) is 6.84. The summed E-state index contributed by atoms with van der Waals surface area (Å²) in [5, 5.41) is 5.37. The van der Waals surface area contributed by atoms with Crippen LogP contribution in [0.4, 0.5) is 5.82 Å². The van der Waals surface area contributed by atoms with Gasteiger partial charge in [0.15, 0.2) is 5.82 Å². The Balaban J connectivity index is 1.82. The van der Waals surface area contributed by atoms with Gasteiger partial charge in [-0.05, 0) is 37.8 Å². The Kier molecular flexibility index (Phi) is 4.76. The molecule has 0 bridgehead atoms. The van der Waals surface area contributed by atoms with E-state index in [1.807, 2.05) is 30.0 Å². The highest BCUT2D eigenvalue weighted by Gasteiger charge is 2.41. The summed E-state index contributed by atoms with van der Waals surface area (Å²) in [5.74, 6) is 0.385. The highest BCUT2D eigenvalue weighted by Crippen LogP contribution is 2.41. The zero-order chi connectivity index (χ0) is 18.3. The Morgan fingerprint density at radius 1 is 1.15 bits per heavy atom. The van der Waals surface area contributed by atoms with Crippen LogP contribution in [0, 0.1) is 5.92 Å². The van der Waals surface area contributed by atoms with Gasteiger partial charge in [-0.2, -0.15) is 5.10 Å². The van der Waals surface area contributed by atoms with Gasteiger partial charge in [-0.1, -0.05) is 35.3 Å². The third-order valence-electron chi connectivity index (χ3n) is 5.20. The monoisotopic (exact) mass is 390 g/mol. The van der Waals surface area contributed by atoms with Crippen molar-refractivity contribution >= 4 is 40.6 Å². The summed E-state index contributed by atoms with van der Waals surface area (Å²) in [7, 11) is 0. The molecule has 1 aromatic carbocycles. The Labute approximate surface area is 162 Å². The lowest BCUT2D eigenvalue weighted by molar-refractivity contribution is -0.135. The summed E-state index contributed by atoms with van der Waals surface area (Å²) in [6.45, 7) is 3.50. The van der Waals surface area contributed by atoms with Gasteiger partial charge in [-0.3, -0.25) is 4.79 Å². The molecule has 2 aliphatic heterocycles. The van der Waals surface area contributed by atoms with Gasteiger partial charge in [0, 0.05) is 24.9 Å². The molecule has 2 atom stereocenters. The van der Waals surface area contributed by atoms with Crippen LogP contribution < -0.4 is 0 Å². The third kappa shape index (κ3) is 2.93. The number of piperidine rings is 1. The van der Waals surface area contributed by atoms with Gasteiger partial charge in [0.2, 0.25) is 5.91 Å². The van der Waals surface area contributed by atoms with Gasteiger partial charge in [-0.25, -0.2) is 9.67 Å². The molecule has 1 fully saturated rings. The molecule has 1 amide bonds. The normalized spacial score (nSPS) is 22.7. The number of nitrogens with zero attached hydrogens (tertiary/aromatic N) is 4. The first-order valence-electron chi connectivity index (χ1n) is 8.89. The maximum atomic E-state index is 13.4. The fourth-order valence-corrected chi connectivity index (χ4v) is 4.33. The Hall–Kier alpha value is -1.85. The first-order valence-corrected chi connectivity index (χ1v) is 9.65. The van der Waals surface area contributed by atoms with Crippen LogP contribution >= 0.6 is 23.2 Å². The Bertz CT molecular complexity index is 870. The molecular weight excluding hydrogens is 371 g/mol. The molecule has 136 valence electrons. The minimum atomic E-state index is -0.434. The molecule has 4 rings (SSSR count). The molecule has 0 N–H and O–H groups in total. The summed E-state index contributed by atoms with van der Waals surface area (Å²) in [4.78, 5) is 20.0. The molecule has 3 heterocycles. The molecule has 26 heavy (non-hydrogen) atoms. The first-order chi connectivity index (χ1) is 12.6. The van der Waals surface area contributed by atoms with Gasteiger partial charge in [0.05, 0.1) is 22.3 Å². The van der Waals surface area contributed by atoms with Crippen molar-refractivity contribution in [3.63, 3.8) is 0 Å². The van der Waals surface area contributed by atoms with E-state index in [1.165, 1.54) is 6.42 Å². The van der Waals surface area contributed by atoms with Crippen molar-refractivity contribution in [2.75, 3.05) is 13.1 Å². The zero-order valence-corrected chi connectivity index (χ0v) is 16.0. The number of fused-ring (bicyclic) bond motifs is 1. The van der Waals surface area contributed by atoms with E-state index in [0.29, 0.717) is 10.0 Å². The number of likely N-dealkylation sites (tertiary alicyclic amines) is 1. The van der Waals surface area contributed by atoms with Crippen molar-refractivity contribution in [1.29, 1.82) is 0 Å². The summed E-state index contributed by atoms with van der Waals surface area (Å²) in [5.41, 5.74) is 1.59. The smallest absolute Gasteiger partial charge is 0.233 e. The van der Waals surface area contributed by atoms with Crippen LogP contribution in [0.5, 0.6) is 0 Å². The topological polar surface area (TPSA) is 50.5 Å². The molecule has 5 nitrogen and oxygen atoms in total.